The predicted molar refractivity (Wildman–Crippen MR) is 52.5 cm³/mol. The van der Waals surface area contributed by atoms with Crippen LogP contribution in [0.25, 0.3) is 0 Å². The number of carbonyl (C=O) groups is 2. The number of thiol groups is 1. The topological polar surface area (TPSA) is 72.8 Å². The summed E-state index contributed by atoms with van der Waals surface area (Å²) in [6.45, 7) is 1.93. The summed E-state index contributed by atoms with van der Waals surface area (Å²) in [6.07, 6.45) is -0.738. The molecule has 2 atom stereocenters. The zero-order chi connectivity index (χ0) is 11.1. The third kappa shape index (κ3) is 5.82. The fourth-order valence-electron chi connectivity index (χ4n) is 0.794. The van der Waals surface area contributed by atoms with Crippen LogP contribution in [-0.4, -0.2) is 42.1 Å². The quantitative estimate of drug-likeness (QED) is 0.501. The molecule has 0 bridgehead atoms. The largest absolute Gasteiger partial charge is 0.481 e. The molecule has 0 aliphatic heterocycles. The molecular formula is C8H14O5S. The van der Waals surface area contributed by atoms with Crippen LogP contribution < -0.4 is 0 Å². The molecule has 0 fully saturated rings. The maximum absolute atomic E-state index is 11.1. The van der Waals surface area contributed by atoms with E-state index in [4.69, 9.17) is 14.6 Å². The van der Waals surface area contributed by atoms with Crippen molar-refractivity contribution in [3.8, 4) is 0 Å². The van der Waals surface area contributed by atoms with Gasteiger partial charge in [0.2, 0.25) is 0 Å². The van der Waals surface area contributed by atoms with E-state index in [2.05, 4.69) is 12.6 Å². The number of hydrogen-bond acceptors (Lipinski definition) is 5. The summed E-state index contributed by atoms with van der Waals surface area (Å²) in [7, 11) is 1.49. The Morgan fingerprint density at radius 3 is 2.50 bits per heavy atom. The van der Waals surface area contributed by atoms with E-state index in [-0.39, 0.29) is 13.0 Å². The molecule has 0 aromatic heterocycles. The van der Waals surface area contributed by atoms with Crippen molar-refractivity contribution in [2.75, 3.05) is 13.7 Å². The first kappa shape index (κ1) is 13.2. The Balaban J connectivity index is 3.88. The number of carbonyl (C=O) groups excluding carboxylic acids is 1. The van der Waals surface area contributed by atoms with Gasteiger partial charge in [0, 0.05) is 7.11 Å². The Hall–Kier alpha value is -0.750. The third-order valence-corrected chi connectivity index (χ3v) is 1.75. The Bertz CT molecular complexity index is 206. The molecule has 14 heavy (non-hydrogen) atoms. The van der Waals surface area contributed by atoms with Gasteiger partial charge in [-0.3, -0.25) is 9.59 Å². The average Bonchev–Trinajstić information content (AvgIpc) is 2.02. The lowest BCUT2D eigenvalue weighted by Crippen LogP contribution is -2.27. The Morgan fingerprint density at radius 2 is 2.07 bits per heavy atom. The zero-order valence-corrected chi connectivity index (χ0v) is 8.99. The SMILES string of the molecule is COCC(C)OC(=O)C(S)CC(=O)O. The van der Waals surface area contributed by atoms with Crippen molar-refractivity contribution in [3.05, 3.63) is 0 Å². The standard InChI is InChI=1S/C8H14O5S/c1-5(4-12-2)13-8(11)6(14)3-7(9)10/h5-6,14H,3-4H2,1-2H3,(H,9,10). The van der Waals surface area contributed by atoms with Gasteiger partial charge in [-0.15, -0.1) is 0 Å². The van der Waals surface area contributed by atoms with Crippen LogP contribution in [0.15, 0.2) is 0 Å². The van der Waals surface area contributed by atoms with E-state index in [1.54, 1.807) is 6.92 Å². The van der Waals surface area contributed by atoms with E-state index >= 15 is 0 Å². The molecule has 0 aliphatic rings. The molecule has 0 heterocycles. The van der Waals surface area contributed by atoms with Crippen molar-refractivity contribution in [2.24, 2.45) is 0 Å². The first-order chi connectivity index (χ1) is 6.47. The lowest BCUT2D eigenvalue weighted by molar-refractivity contribution is -0.152. The highest BCUT2D eigenvalue weighted by atomic mass is 32.1. The van der Waals surface area contributed by atoms with Gasteiger partial charge in [0.25, 0.3) is 0 Å². The molecule has 0 aromatic carbocycles. The molecule has 1 N–H and O–H groups in total. The van der Waals surface area contributed by atoms with Gasteiger partial charge in [0.05, 0.1) is 13.0 Å². The van der Waals surface area contributed by atoms with E-state index in [1.807, 2.05) is 0 Å². The van der Waals surface area contributed by atoms with Gasteiger partial charge < -0.3 is 14.6 Å². The van der Waals surface area contributed by atoms with E-state index in [0.717, 1.165) is 0 Å². The summed E-state index contributed by atoms with van der Waals surface area (Å²) in [5.41, 5.74) is 0. The molecule has 0 saturated carbocycles. The Labute approximate surface area is 87.8 Å². The Morgan fingerprint density at radius 1 is 1.50 bits per heavy atom. The molecule has 0 aromatic rings. The molecule has 0 spiro atoms. The molecule has 82 valence electrons. The number of carboxylic acid groups (broad SMARTS) is 1. The smallest absolute Gasteiger partial charge is 0.319 e. The molecule has 0 radical (unpaired) electrons. The lowest BCUT2D eigenvalue weighted by Gasteiger charge is -2.14. The fraction of sp³-hybridized carbons (Fsp3) is 0.750. The maximum atomic E-state index is 11.1. The van der Waals surface area contributed by atoms with Crippen molar-refractivity contribution in [1.29, 1.82) is 0 Å². The minimum Gasteiger partial charge on any atom is -0.481 e. The second-order valence-electron chi connectivity index (χ2n) is 2.82. The molecule has 6 heteroatoms. The first-order valence-electron chi connectivity index (χ1n) is 4.06. The van der Waals surface area contributed by atoms with Crippen LogP contribution in [0.1, 0.15) is 13.3 Å². The van der Waals surface area contributed by atoms with Gasteiger partial charge >= 0.3 is 11.9 Å². The molecule has 2 unspecified atom stereocenters. The van der Waals surface area contributed by atoms with Crippen LogP contribution in [0, 0.1) is 0 Å². The lowest BCUT2D eigenvalue weighted by atomic mass is 10.3. The molecule has 0 amide bonds. The second-order valence-corrected chi connectivity index (χ2v) is 3.44. The van der Waals surface area contributed by atoms with Crippen LogP contribution in [0.4, 0.5) is 0 Å². The van der Waals surface area contributed by atoms with Crippen molar-refractivity contribution >= 4 is 24.6 Å². The summed E-state index contributed by atoms with van der Waals surface area (Å²) < 4.78 is 9.60. The highest BCUT2D eigenvalue weighted by Crippen LogP contribution is 2.06. The number of esters is 1. The number of methoxy groups -OCH3 is 1. The summed E-state index contributed by atoms with van der Waals surface area (Å²) in [5.74, 6) is -1.72. The van der Waals surface area contributed by atoms with E-state index in [1.165, 1.54) is 7.11 Å². The van der Waals surface area contributed by atoms with Gasteiger partial charge in [-0.1, -0.05) is 0 Å². The van der Waals surface area contributed by atoms with Gasteiger partial charge in [0.15, 0.2) is 0 Å². The maximum Gasteiger partial charge on any atom is 0.319 e. The van der Waals surface area contributed by atoms with Crippen LogP contribution >= 0.6 is 12.6 Å². The fourth-order valence-corrected chi connectivity index (χ4v) is 1.01. The molecule has 5 nitrogen and oxygen atoms in total. The molecule has 0 saturated heterocycles. The summed E-state index contributed by atoms with van der Waals surface area (Å²) in [5, 5.41) is 7.46. The van der Waals surface area contributed by atoms with Gasteiger partial charge in [-0.25, -0.2) is 0 Å². The second kappa shape index (κ2) is 6.67. The third-order valence-electron chi connectivity index (χ3n) is 1.36. The van der Waals surface area contributed by atoms with Gasteiger partial charge in [0.1, 0.15) is 11.4 Å². The highest BCUT2D eigenvalue weighted by Gasteiger charge is 2.20. The van der Waals surface area contributed by atoms with E-state index < -0.39 is 23.3 Å². The minimum atomic E-state index is -1.08. The van der Waals surface area contributed by atoms with Crippen molar-refractivity contribution < 1.29 is 24.2 Å². The van der Waals surface area contributed by atoms with Crippen molar-refractivity contribution in [1.82, 2.24) is 0 Å². The molecule has 0 aliphatic carbocycles. The van der Waals surface area contributed by atoms with Crippen LogP contribution in [0.5, 0.6) is 0 Å². The Kier molecular flexibility index (Phi) is 6.31. The average molecular weight is 222 g/mol. The van der Waals surface area contributed by atoms with Crippen LogP contribution in [-0.2, 0) is 19.1 Å². The molecule has 0 rings (SSSR count). The monoisotopic (exact) mass is 222 g/mol. The van der Waals surface area contributed by atoms with E-state index in [0.29, 0.717) is 0 Å². The van der Waals surface area contributed by atoms with E-state index in [9.17, 15) is 9.59 Å². The van der Waals surface area contributed by atoms with Gasteiger partial charge in [-0.2, -0.15) is 12.6 Å². The minimum absolute atomic E-state index is 0.277. The summed E-state index contributed by atoms with van der Waals surface area (Å²) >= 11 is 3.81. The summed E-state index contributed by atoms with van der Waals surface area (Å²) in [6, 6.07) is 0. The predicted octanol–water partition coefficient (Wildman–Crippen LogP) is 0.338. The number of ether oxygens (including phenoxy) is 2. The number of aliphatic carboxylic acids is 1. The zero-order valence-electron chi connectivity index (χ0n) is 8.10. The normalized spacial score (nSPS) is 14.5. The highest BCUT2D eigenvalue weighted by molar-refractivity contribution is 7.81. The number of hydrogen-bond donors (Lipinski definition) is 2. The first-order valence-corrected chi connectivity index (χ1v) is 4.58. The van der Waals surface area contributed by atoms with Gasteiger partial charge in [-0.05, 0) is 6.92 Å². The molecular weight excluding hydrogens is 208 g/mol. The van der Waals surface area contributed by atoms with Crippen LogP contribution in [0.3, 0.4) is 0 Å². The van der Waals surface area contributed by atoms with Crippen molar-refractivity contribution in [2.45, 2.75) is 24.7 Å². The van der Waals surface area contributed by atoms with Crippen LogP contribution in [0.2, 0.25) is 0 Å². The van der Waals surface area contributed by atoms with Crippen molar-refractivity contribution in [3.63, 3.8) is 0 Å². The summed E-state index contributed by atoms with van der Waals surface area (Å²) in [4.78, 5) is 21.4. The number of carboxylic acids is 1. The number of rotatable bonds is 6.